The zero-order valence-electron chi connectivity index (χ0n) is 13.9. The van der Waals surface area contributed by atoms with Gasteiger partial charge in [0.05, 0.1) is 0 Å². The van der Waals surface area contributed by atoms with Crippen molar-refractivity contribution in [1.82, 2.24) is 0 Å². The first-order valence-electron chi connectivity index (χ1n) is 8.62. The van der Waals surface area contributed by atoms with Crippen LogP contribution in [-0.2, 0) is 0 Å². The minimum Gasteiger partial charge on any atom is -0.507 e. The maximum atomic E-state index is 9.61. The fraction of sp³-hybridized carbons (Fsp3) is 0.429. The number of aromatic hydroxyl groups is 1. The van der Waals surface area contributed by atoms with Crippen LogP contribution in [0.3, 0.4) is 0 Å². The average Bonchev–Trinajstić information content (AvgIpc) is 2.53. The summed E-state index contributed by atoms with van der Waals surface area (Å²) in [5, 5.41) is 9.61. The van der Waals surface area contributed by atoms with Crippen molar-refractivity contribution >= 4 is 6.08 Å². The molecule has 0 aliphatic carbocycles. The zero-order valence-corrected chi connectivity index (χ0v) is 13.9. The molecule has 120 valence electrons. The van der Waals surface area contributed by atoms with Gasteiger partial charge in [0.25, 0.3) is 0 Å². The van der Waals surface area contributed by atoms with Gasteiger partial charge in [-0.1, -0.05) is 100 Å². The summed E-state index contributed by atoms with van der Waals surface area (Å²) in [6, 6.07) is 7.35. The normalized spacial score (nSPS) is 12.0. The van der Waals surface area contributed by atoms with Gasteiger partial charge in [-0.2, -0.15) is 0 Å². The summed E-state index contributed by atoms with van der Waals surface area (Å²) in [6.07, 6.45) is 22.9. The maximum Gasteiger partial charge on any atom is 0.122 e. The molecule has 1 aromatic rings. The van der Waals surface area contributed by atoms with Crippen molar-refractivity contribution in [3.05, 3.63) is 60.2 Å². The molecule has 0 aliphatic rings. The number of unbranched alkanes of at least 4 members (excludes halogenated alkanes) is 7. The number of phenolic OH excluding ortho intramolecular Hbond substituents is 1. The summed E-state index contributed by atoms with van der Waals surface area (Å²) in [6.45, 7) is 2.26. The van der Waals surface area contributed by atoms with Crippen LogP contribution in [0.2, 0.25) is 0 Å². The highest BCUT2D eigenvalue weighted by Crippen LogP contribution is 2.16. The lowest BCUT2D eigenvalue weighted by molar-refractivity contribution is 0.474. The molecule has 0 saturated carbocycles. The van der Waals surface area contributed by atoms with Gasteiger partial charge in [0.15, 0.2) is 0 Å². The molecular weight excluding hydrogens is 268 g/mol. The van der Waals surface area contributed by atoms with Crippen molar-refractivity contribution < 1.29 is 5.11 Å². The van der Waals surface area contributed by atoms with E-state index < -0.39 is 0 Å². The smallest absolute Gasteiger partial charge is 0.122 e. The minimum absolute atomic E-state index is 0.321. The summed E-state index contributed by atoms with van der Waals surface area (Å²) >= 11 is 0. The third-order valence-corrected chi connectivity index (χ3v) is 3.66. The van der Waals surface area contributed by atoms with Crippen molar-refractivity contribution in [1.29, 1.82) is 0 Å². The van der Waals surface area contributed by atoms with E-state index in [4.69, 9.17) is 0 Å². The lowest BCUT2D eigenvalue weighted by atomic mass is 10.1. The zero-order chi connectivity index (χ0) is 15.9. The highest BCUT2D eigenvalue weighted by atomic mass is 16.3. The predicted octanol–water partition coefficient (Wildman–Crippen LogP) is 6.66. The fourth-order valence-corrected chi connectivity index (χ4v) is 2.31. The first-order chi connectivity index (χ1) is 10.8. The Bertz CT molecular complexity index is 469. The summed E-state index contributed by atoms with van der Waals surface area (Å²) < 4.78 is 0. The van der Waals surface area contributed by atoms with Crippen molar-refractivity contribution in [2.75, 3.05) is 0 Å². The van der Waals surface area contributed by atoms with Crippen molar-refractivity contribution in [3.8, 4) is 5.75 Å². The largest absolute Gasteiger partial charge is 0.507 e. The number of rotatable bonds is 11. The van der Waals surface area contributed by atoms with Gasteiger partial charge < -0.3 is 5.11 Å². The van der Waals surface area contributed by atoms with Crippen LogP contribution in [0.5, 0.6) is 5.75 Å². The van der Waals surface area contributed by atoms with Crippen LogP contribution in [-0.4, -0.2) is 5.11 Å². The van der Waals surface area contributed by atoms with Gasteiger partial charge in [-0.15, -0.1) is 0 Å². The van der Waals surface area contributed by atoms with Crippen LogP contribution in [0.4, 0.5) is 0 Å². The van der Waals surface area contributed by atoms with Crippen molar-refractivity contribution in [3.63, 3.8) is 0 Å². The molecule has 1 heteroatoms. The third-order valence-electron chi connectivity index (χ3n) is 3.66. The van der Waals surface area contributed by atoms with E-state index in [0.29, 0.717) is 5.75 Å². The number of hydrogen-bond acceptors (Lipinski definition) is 1. The predicted molar refractivity (Wildman–Crippen MR) is 98.0 cm³/mol. The molecule has 1 N–H and O–H groups in total. The molecule has 0 bridgehead atoms. The first kappa shape index (κ1) is 18.3. The van der Waals surface area contributed by atoms with Crippen molar-refractivity contribution in [2.24, 2.45) is 0 Å². The molecular formula is C21H30O. The molecule has 0 atom stereocenters. The molecule has 0 aromatic heterocycles. The molecule has 1 rings (SSSR count). The molecule has 0 unspecified atom stereocenters. The number of phenols is 1. The number of allylic oxidation sites excluding steroid dienone is 5. The van der Waals surface area contributed by atoms with E-state index in [-0.39, 0.29) is 0 Å². The Hall–Kier alpha value is -1.76. The van der Waals surface area contributed by atoms with Crippen molar-refractivity contribution in [2.45, 2.75) is 58.3 Å². The quantitative estimate of drug-likeness (QED) is 0.358. The molecule has 0 spiro atoms. The third kappa shape index (κ3) is 9.23. The Morgan fingerprint density at radius 2 is 1.50 bits per heavy atom. The Balaban J connectivity index is 2.07. The molecule has 1 nitrogen and oxygen atoms in total. The standard InChI is InChI=1S/C21H30O/c1-2-3-4-5-6-7-8-9-10-11-12-13-14-17-20-18-15-16-19-21(20)22/h10-19,22H,2-9H2,1H3/b11-10+,13-12+,17-14+. The monoisotopic (exact) mass is 298 g/mol. The van der Waals surface area contributed by atoms with E-state index in [9.17, 15) is 5.11 Å². The Morgan fingerprint density at radius 1 is 0.818 bits per heavy atom. The lowest BCUT2D eigenvalue weighted by Gasteiger charge is -1.98. The molecule has 0 saturated heterocycles. The first-order valence-corrected chi connectivity index (χ1v) is 8.62. The van der Waals surface area contributed by atoms with Gasteiger partial charge in [0, 0.05) is 5.56 Å². The van der Waals surface area contributed by atoms with Gasteiger partial charge in [0.1, 0.15) is 5.75 Å². The molecule has 0 aliphatic heterocycles. The second kappa shape index (κ2) is 12.9. The highest BCUT2D eigenvalue weighted by Gasteiger charge is 1.91. The van der Waals surface area contributed by atoms with Gasteiger partial charge in [-0.3, -0.25) is 0 Å². The molecule has 0 amide bonds. The highest BCUT2D eigenvalue weighted by molar-refractivity contribution is 5.57. The summed E-state index contributed by atoms with van der Waals surface area (Å²) in [4.78, 5) is 0. The van der Waals surface area contributed by atoms with Crippen LogP contribution in [0, 0.1) is 0 Å². The molecule has 0 heterocycles. The van der Waals surface area contributed by atoms with E-state index in [1.165, 1.54) is 51.4 Å². The topological polar surface area (TPSA) is 20.2 Å². The van der Waals surface area contributed by atoms with E-state index in [1.807, 2.05) is 42.5 Å². The molecule has 22 heavy (non-hydrogen) atoms. The Morgan fingerprint density at radius 3 is 2.27 bits per heavy atom. The Kier molecular flexibility index (Phi) is 10.8. The summed E-state index contributed by atoms with van der Waals surface area (Å²) in [5.41, 5.74) is 0.846. The summed E-state index contributed by atoms with van der Waals surface area (Å²) in [5.74, 6) is 0.321. The van der Waals surface area contributed by atoms with Gasteiger partial charge >= 0.3 is 0 Å². The lowest BCUT2D eigenvalue weighted by Crippen LogP contribution is -1.78. The van der Waals surface area contributed by atoms with E-state index in [0.717, 1.165) is 5.56 Å². The van der Waals surface area contributed by atoms with Crippen LogP contribution >= 0.6 is 0 Å². The van der Waals surface area contributed by atoms with Gasteiger partial charge in [-0.25, -0.2) is 0 Å². The Labute approximate surface area is 136 Å². The van der Waals surface area contributed by atoms with Crippen LogP contribution < -0.4 is 0 Å². The second-order valence-corrected chi connectivity index (χ2v) is 5.64. The average molecular weight is 298 g/mol. The van der Waals surface area contributed by atoms with Crippen LogP contribution in [0.15, 0.2) is 54.6 Å². The summed E-state index contributed by atoms with van der Waals surface area (Å²) in [7, 11) is 0. The van der Waals surface area contributed by atoms with Crippen LogP contribution in [0.25, 0.3) is 6.08 Å². The number of hydrogen-bond donors (Lipinski definition) is 1. The van der Waals surface area contributed by atoms with E-state index in [1.54, 1.807) is 6.07 Å². The van der Waals surface area contributed by atoms with E-state index in [2.05, 4.69) is 19.1 Å². The molecule has 0 radical (unpaired) electrons. The number of para-hydroxylation sites is 1. The van der Waals surface area contributed by atoms with Crippen LogP contribution in [0.1, 0.15) is 63.9 Å². The second-order valence-electron chi connectivity index (χ2n) is 5.64. The van der Waals surface area contributed by atoms with Gasteiger partial charge in [0.2, 0.25) is 0 Å². The maximum absolute atomic E-state index is 9.61. The minimum atomic E-state index is 0.321. The molecule has 1 aromatic carbocycles. The van der Waals surface area contributed by atoms with Gasteiger partial charge in [-0.05, 0) is 18.9 Å². The molecule has 0 fully saturated rings. The number of benzene rings is 1. The van der Waals surface area contributed by atoms with E-state index >= 15 is 0 Å². The fourth-order valence-electron chi connectivity index (χ4n) is 2.31. The SMILES string of the molecule is CCCCCCCCC/C=C/C=C/C=C/c1ccccc1O.